The minimum Gasteiger partial charge on any atom is -0.504 e. The van der Waals surface area contributed by atoms with Crippen molar-refractivity contribution in [2.24, 2.45) is 5.16 Å². The third-order valence-corrected chi connectivity index (χ3v) is 11.0. The number of aldehydes is 1. The minimum atomic E-state index is -1.76. The van der Waals surface area contributed by atoms with E-state index in [1.165, 1.54) is 48.0 Å². The molecule has 0 bridgehead atoms. The second kappa shape index (κ2) is 14.7. The fraction of sp³-hybridized carbons (Fsp3) is 0.433. The Labute approximate surface area is 299 Å². The number of nitrogens with two attached hydrogens (primary N) is 1. The van der Waals surface area contributed by atoms with Gasteiger partial charge in [-0.1, -0.05) is 16.8 Å². The van der Waals surface area contributed by atoms with E-state index in [9.17, 15) is 39.3 Å². The van der Waals surface area contributed by atoms with Crippen LogP contribution in [0.15, 0.2) is 33.9 Å². The molecule has 0 radical (unpaired) electrons. The summed E-state index contributed by atoms with van der Waals surface area (Å²) in [4.78, 5) is 73.9. The highest BCUT2D eigenvalue weighted by molar-refractivity contribution is 8.00. The lowest BCUT2D eigenvalue weighted by molar-refractivity contribution is -0.911. The van der Waals surface area contributed by atoms with E-state index in [0.717, 1.165) is 42.8 Å². The Morgan fingerprint density at radius 1 is 1.26 bits per heavy atom. The summed E-state index contributed by atoms with van der Waals surface area (Å²) in [7, 11) is 0. The largest absolute Gasteiger partial charge is 0.504 e. The van der Waals surface area contributed by atoms with Gasteiger partial charge >= 0.3 is 12.0 Å². The molecule has 5 rings (SSSR count). The van der Waals surface area contributed by atoms with Crippen molar-refractivity contribution in [3.63, 3.8) is 0 Å². The number of carboxylic acid groups (broad SMARTS) is 1. The highest BCUT2D eigenvalue weighted by Gasteiger charge is 2.53. The average molecular weight is 752 g/mol. The molecular weight excluding hydrogens is 716 g/mol. The molecule has 4 amide bonds. The zero-order chi connectivity index (χ0) is 36.4. The van der Waals surface area contributed by atoms with Crippen LogP contribution >= 0.6 is 34.7 Å². The normalized spacial score (nSPS) is 20.1. The maximum atomic E-state index is 13.4. The molecule has 268 valence electrons. The maximum Gasteiger partial charge on any atom is 0.350 e. The number of amides is 4. The van der Waals surface area contributed by atoms with Crippen molar-refractivity contribution in [2.75, 3.05) is 49.5 Å². The van der Waals surface area contributed by atoms with Crippen LogP contribution in [0.2, 0.25) is 5.02 Å². The van der Waals surface area contributed by atoms with Crippen LogP contribution in [-0.4, -0.2) is 121 Å². The van der Waals surface area contributed by atoms with Gasteiger partial charge in [0, 0.05) is 29.5 Å². The number of thiazole rings is 1. The number of nitrogens with one attached hydrogen (secondary N) is 3. The van der Waals surface area contributed by atoms with Crippen molar-refractivity contribution in [1.29, 1.82) is 0 Å². The monoisotopic (exact) mass is 751 g/mol. The Morgan fingerprint density at radius 3 is 2.62 bits per heavy atom. The Kier molecular flexibility index (Phi) is 10.8. The number of thioether (sulfide) groups is 1. The fourth-order valence-electron chi connectivity index (χ4n) is 5.83. The SMILES string of the molecule is CC(C)(O/N=C(\C(=O)N[C@@H]1C(=O)N2C(C=O)=C(C[N+]3(CCNC(=O)Nc4ccc(O)c(O)c4Cl)CCCC3)CS[C@H]12)c1csc(N)n1)C(=O)O. The number of halogens is 1. The lowest BCUT2D eigenvalue weighted by Crippen LogP contribution is -2.71. The van der Waals surface area contributed by atoms with Crippen LogP contribution in [0.25, 0.3) is 0 Å². The van der Waals surface area contributed by atoms with Crippen LogP contribution in [0, 0.1) is 0 Å². The van der Waals surface area contributed by atoms with Crippen molar-refractivity contribution in [3.8, 4) is 11.5 Å². The van der Waals surface area contributed by atoms with Gasteiger partial charge in [0.2, 0.25) is 5.60 Å². The molecule has 8 N–H and O–H groups in total. The van der Waals surface area contributed by atoms with Crippen LogP contribution < -0.4 is 21.7 Å². The first-order valence-corrected chi connectivity index (χ1v) is 17.7. The van der Waals surface area contributed by atoms with E-state index < -0.39 is 52.3 Å². The van der Waals surface area contributed by atoms with Crippen molar-refractivity contribution in [1.82, 2.24) is 20.5 Å². The number of benzene rings is 1. The van der Waals surface area contributed by atoms with Gasteiger partial charge in [-0.05, 0) is 26.0 Å². The number of aromatic nitrogens is 1. The van der Waals surface area contributed by atoms with Gasteiger partial charge in [0.1, 0.15) is 28.7 Å². The van der Waals surface area contributed by atoms with Crippen LogP contribution in [0.5, 0.6) is 11.5 Å². The number of aliphatic carboxylic acids is 1. The zero-order valence-corrected chi connectivity index (χ0v) is 29.4. The third kappa shape index (κ3) is 7.59. The molecule has 1 aromatic carbocycles. The van der Waals surface area contributed by atoms with Crippen LogP contribution in [-0.2, 0) is 24.0 Å². The number of likely N-dealkylation sites (tertiary alicyclic amines) is 1. The first-order chi connectivity index (χ1) is 23.7. The second-order valence-corrected chi connectivity index (χ2v) is 14.8. The molecule has 0 aliphatic carbocycles. The number of allylic oxidation sites excluding steroid dienone is 1. The maximum absolute atomic E-state index is 13.4. The van der Waals surface area contributed by atoms with Gasteiger partial charge in [-0.3, -0.25) is 19.3 Å². The molecule has 4 heterocycles. The van der Waals surface area contributed by atoms with Crippen molar-refractivity contribution in [3.05, 3.63) is 39.5 Å². The lowest BCUT2D eigenvalue weighted by atomic mass is 10.0. The molecule has 0 spiro atoms. The van der Waals surface area contributed by atoms with Gasteiger partial charge in [0.15, 0.2) is 28.6 Å². The van der Waals surface area contributed by atoms with E-state index in [1.807, 2.05) is 0 Å². The Balaban J connectivity index is 1.24. The standard InChI is InChI=1S/C30H35ClN8O9S2/c1-30(2,27(45)46)48-37-21(17-14-50-28(32)34-17)24(43)36-22-25(44)38-18(12-40)15(13-49-26(22)38)11-39(8-3-4-9-39)10-7-33-29(47)35-16-5-6-19(41)23(42)20(16)31/h5-6,12,14,22,26H,3-4,7-11,13H2,1-2H3,(H7-,32,33,34,35,36,37,41,42,43,45,46,47)/p+1/t22-,26-/m1/s1. The number of phenols is 2. The lowest BCUT2D eigenvalue weighted by Gasteiger charge is -2.50. The number of aromatic hydroxyl groups is 2. The smallest absolute Gasteiger partial charge is 0.350 e. The average Bonchev–Trinajstić information content (AvgIpc) is 3.72. The highest BCUT2D eigenvalue weighted by Crippen LogP contribution is 2.41. The van der Waals surface area contributed by atoms with Gasteiger partial charge in [0.25, 0.3) is 11.8 Å². The number of rotatable bonds is 13. The summed E-state index contributed by atoms with van der Waals surface area (Å²) in [6.45, 7) is 5.43. The molecule has 2 saturated heterocycles. The molecule has 1 aromatic heterocycles. The number of quaternary nitrogens is 1. The summed E-state index contributed by atoms with van der Waals surface area (Å²) in [6.07, 6.45) is 2.55. The fourth-order valence-corrected chi connectivity index (χ4v) is 7.94. The number of carbonyl (C=O) groups is 5. The van der Waals surface area contributed by atoms with Crippen molar-refractivity contribution in [2.45, 2.75) is 43.7 Å². The minimum absolute atomic E-state index is 0.0388. The summed E-state index contributed by atoms with van der Waals surface area (Å²) >= 11 is 8.44. The first-order valence-electron chi connectivity index (χ1n) is 15.4. The number of nitrogens with zero attached hydrogens (tertiary/aromatic N) is 4. The topological polar surface area (TPSA) is 246 Å². The molecule has 2 aromatic rings. The van der Waals surface area contributed by atoms with Crippen LogP contribution in [0.4, 0.5) is 15.6 Å². The second-order valence-electron chi connectivity index (χ2n) is 12.4. The molecular formula is C30H36ClN8O9S2+. The molecule has 2 atom stereocenters. The van der Waals surface area contributed by atoms with Gasteiger partial charge < -0.3 is 46.3 Å². The number of phenolic OH excluding ortho intramolecular Hbond substituents is 2. The van der Waals surface area contributed by atoms with Gasteiger partial charge in [-0.2, -0.15) is 0 Å². The predicted octanol–water partition coefficient (Wildman–Crippen LogP) is 1.66. The Morgan fingerprint density at radius 2 is 1.98 bits per heavy atom. The number of carboxylic acids is 1. The van der Waals surface area contributed by atoms with Gasteiger partial charge in [0.05, 0.1) is 37.6 Å². The summed E-state index contributed by atoms with van der Waals surface area (Å²) in [5.74, 6) is -3.18. The van der Waals surface area contributed by atoms with Gasteiger partial charge in [-0.25, -0.2) is 14.6 Å². The predicted molar refractivity (Wildman–Crippen MR) is 185 cm³/mol. The summed E-state index contributed by atoms with van der Waals surface area (Å²) in [6, 6.07) is 1.01. The highest BCUT2D eigenvalue weighted by atomic mass is 35.5. The molecule has 3 aliphatic rings. The van der Waals surface area contributed by atoms with E-state index >= 15 is 0 Å². The molecule has 2 fully saturated rings. The number of fused-ring (bicyclic) bond motifs is 1. The summed E-state index contributed by atoms with van der Waals surface area (Å²) in [5, 5.41) is 41.3. The van der Waals surface area contributed by atoms with Crippen LogP contribution in [0.1, 0.15) is 32.4 Å². The number of carbonyl (C=O) groups excluding carboxylic acids is 4. The number of anilines is 2. The number of hydrogen-bond acceptors (Lipinski definition) is 13. The zero-order valence-electron chi connectivity index (χ0n) is 27.0. The molecule has 0 saturated carbocycles. The van der Waals surface area contributed by atoms with E-state index in [1.54, 1.807) is 0 Å². The Bertz CT molecular complexity index is 1780. The number of nitrogen functional groups attached to an aromatic ring is 1. The number of urea groups is 1. The van der Waals surface area contributed by atoms with E-state index in [-0.39, 0.29) is 39.5 Å². The van der Waals surface area contributed by atoms with Crippen LogP contribution in [0.3, 0.4) is 0 Å². The third-order valence-electron chi connectivity index (χ3n) is 8.61. The molecule has 0 unspecified atom stereocenters. The quantitative estimate of drug-likeness (QED) is 0.0294. The first kappa shape index (κ1) is 36.7. The van der Waals surface area contributed by atoms with Crippen molar-refractivity contribution >= 4 is 81.3 Å². The molecule has 50 heavy (non-hydrogen) atoms. The molecule has 3 aliphatic heterocycles. The van der Waals surface area contributed by atoms with E-state index in [2.05, 4.69) is 26.1 Å². The number of hydrogen-bond donors (Lipinski definition) is 7. The van der Waals surface area contributed by atoms with Gasteiger partial charge in [-0.15, -0.1) is 23.1 Å². The summed E-state index contributed by atoms with van der Waals surface area (Å²) in [5.41, 5.74) is 4.79. The number of oxime groups is 1. The van der Waals surface area contributed by atoms with E-state index in [4.69, 9.17) is 22.2 Å². The Hall–Kier alpha value is -4.59. The number of β-lactam (4-membered cyclic amide) rings is 1. The molecule has 17 nitrogen and oxygen atoms in total. The molecule has 20 heteroatoms. The summed E-state index contributed by atoms with van der Waals surface area (Å²) < 4.78 is 0.588. The van der Waals surface area contributed by atoms with E-state index in [0.29, 0.717) is 29.6 Å². The van der Waals surface area contributed by atoms with Crippen molar-refractivity contribution < 1.29 is 48.6 Å².